The minimum absolute atomic E-state index is 0.0662. The number of benzene rings is 2. The van der Waals surface area contributed by atoms with Crippen LogP contribution in [0, 0.1) is 0 Å². The predicted molar refractivity (Wildman–Crippen MR) is 115 cm³/mol. The minimum atomic E-state index is -0.651. The van der Waals surface area contributed by atoms with Gasteiger partial charge >= 0.3 is 0 Å². The molecule has 1 unspecified atom stereocenters. The van der Waals surface area contributed by atoms with Gasteiger partial charge in [-0.25, -0.2) is 0 Å². The monoisotopic (exact) mass is 380 g/mol. The molecule has 0 radical (unpaired) electrons. The molecule has 0 aromatic heterocycles. The van der Waals surface area contributed by atoms with Gasteiger partial charge in [-0.2, -0.15) is 0 Å². The van der Waals surface area contributed by atoms with Crippen molar-refractivity contribution in [2.24, 2.45) is 0 Å². The van der Waals surface area contributed by atoms with Crippen LogP contribution in [0.15, 0.2) is 48.5 Å². The Bertz CT molecular complexity index is 805. The third kappa shape index (κ3) is 4.01. The minimum Gasteiger partial charge on any atom is -0.493 e. The lowest BCUT2D eigenvalue weighted by Gasteiger charge is -2.47. The molecule has 1 aliphatic rings. The number of carbonyl (C=O) groups is 1. The number of fused-ring (bicyclic) bond motifs is 1. The third-order valence-corrected chi connectivity index (χ3v) is 5.43. The fourth-order valence-corrected chi connectivity index (χ4v) is 3.92. The van der Waals surface area contributed by atoms with Gasteiger partial charge in [-0.3, -0.25) is 4.79 Å². The van der Waals surface area contributed by atoms with E-state index in [1.807, 2.05) is 47.4 Å². The van der Waals surface area contributed by atoms with Gasteiger partial charge in [0.15, 0.2) is 0 Å². The van der Waals surface area contributed by atoms with Crippen LogP contribution < -0.4 is 10.1 Å². The third-order valence-electron chi connectivity index (χ3n) is 5.43. The van der Waals surface area contributed by atoms with Crippen molar-refractivity contribution < 1.29 is 9.53 Å². The summed E-state index contributed by atoms with van der Waals surface area (Å²) in [6, 6.07) is 15.8. The molecule has 0 spiro atoms. The summed E-state index contributed by atoms with van der Waals surface area (Å²) in [5, 5.41) is 3.63. The maximum Gasteiger partial charge on any atom is 0.258 e. The van der Waals surface area contributed by atoms with Crippen molar-refractivity contribution in [2.75, 3.05) is 18.5 Å². The Morgan fingerprint density at radius 2 is 1.71 bits per heavy atom. The Morgan fingerprint density at radius 1 is 0.964 bits per heavy atom. The number of anilines is 1. The number of rotatable bonds is 9. The lowest BCUT2D eigenvalue weighted by molar-refractivity contribution is 0.0529. The van der Waals surface area contributed by atoms with Crippen LogP contribution in [0.2, 0.25) is 0 Å². The fourth-order valence-electron chi connectivity index (χ4n) is 3.92. The van der Waals surface area contributed by atoms with Gasteiger partial charge in [0.05, 0.1) is 12.2 Å². The Balaban J connectivity index is 1.93. The molecule has 28 heavy (non-hydrogen) atoms. The molecule has 2 aromatic rings. The van der Waals surface area contributed by atoms with Crippen molar-refractivity contribution in [2.45, 2.75) is 58.5 Å². The van der Waals surface area contributed by atoms with Crippen LogP contribution >= 0.6 is 0 Å². The average molecular weight is 381 g/mol. The van der Waals surface area contributed by atoms with Crippen molar-refractivity contribution in [1.29, 1.82) is 0 Å². The van der Waals surface area contributed by atoms with E-state index in [2.05, 4.69) is 32.2 Å². The maximum absolute atomic E-state index is 13.3. The number of ether oxygens (including phenoxy) is 1. The van der Waals surface area contributed by atoms with Crippen molar-refractivity contribution in [3.63, 3.8) is 0 Å². The summed E-state index contributed by atoms with van der Waals surface area (Å²) in [6.07, 6.45) is 5.58. The SMILES string of the molecule is CCCCCCOc1ccccc1C1(C)Nc2ccccc2C(=O)N1CCC. The number of unbranched alkanes of at least 4 members (excludes halogenated alkanes) is 3. The van der Waals surface area contributed by atoms with E-state index < -0.39 is 5.66 Å². The molecule has 3 rings (SSSR count). The molecule has 150 valence electrons. The number of nitrogens with zero attached hydrogens (tertiary/aromatic N) is 1. The van der Waals surface area contributed by atoms with Gasteiger partial charge in [-0.15, -0.1) is 0 Å². The van der Waals surface area contributed by atoms with Crippen molar-refractivity contribution in [3.8, 4) is 5.75 Å². The molecule has 0 saturated carbocycles. The standard InChI is InChI=1S/C24H32N2O2/c1-4-6-7-12-18-28-22-16-11-9-14-20(22)24(3)25-21-15-10-8-13-19(21)23(27)26(24)17-5-2/h8-11,13-16,25H,4-7,12,17-18H2,1-3H3. The topological polar surface area (TPSA) is 41.6 Å². The molecule has 1 atom stereocenters. The highest BCUT2D eigenvalue weighted by molar-refractivity contribution is 6.02. The second-order valence-corrected chi connectivity index (χ2v) is 7.60. The van der Waals surface area contributed by atoms with E-state index in [0.29, 0.717) is 13.2 Å². The number of hydrogen-bond acceptors (Lipinski definition) is 3. The van der Waals surface area contributed by atoms with Gasteiger partial charge < -0.3 is 15.0 Å². The van der Waals surface area contributed by atoms with Crippen LogP contribution in [-0.2, 0) is 5.66 Å². The lowest BCUT2D eigenvalue weighted by Crippen LogP contribution is -2.56. The fraction of sp³-hybridized carbons (Fsp3) is 0.458. The van der Waals surface area contributed by atoms with Gasteiger partial charge in [-0.1, -0.05) is 63.4 Å². The highest BCUT2D eigenvalue weighted by Crippen LogP contribution is 2.41. The van der Waals surface area contributed by atoms with Crippen LogP contribution in [0.5, 0.6) is 5.75 Å². The van der Waals surface area contributed by atoms with E-state index in [4.69, 9.17) is 4.74 Å². The van der Waals surface area contributed by atoms with Crippen molar-refractivity contribution in [3.05, 3.63) is 59.7 Å². The molecule has 4 nitrogen and oxygen atoms in total. The molecule has 1 heterocycles. The number of amides is 1. The first kappa shape index (κ1) is 20.2. The van der Waals surface area contributed by atoms with Crippen LogP contribution in [0.25, 0.3) is 0 Å². The summed E-state index contributed by atoms with van der Waals surface area (Å²) in [4.78, 5) is 15.2. The van der Waals surface area contributed by atoms with Gasteiger partial charge in [0.2, 0.25) is 0 Å². The van der Waals surface area contributed by atoms with Crippen LogP contribution in [0.3, 0.4) is 0 Å². The van der Waals surface area contributed by atoms with E-state index in [9.17, 15) is 4.79 Å². The lowest BCUT2D eigenvalue weighted by atomic mass is 9.92. The molecular formula is C24H32N2O2. The molecule has 0 aliphatic carbocycles. The quantitative estimate of drug-likeness (QED) is 0.559. The molecule has 1 amide bonds. The summed E-state index contributed by atoms with van der Waals surface area (Å²) in [5.41, 5.74) is 1.95. The van der Waals surface area contributed by atoms with Gasteiger partial charge in [0.1, 0.15) is 11.4 Å². The highest BCUT2D eigenvalue weighted by atomic mass is 16.5. The molecule has 1 N–H and O–H groups in total. The maximum atomic E-state index is 13.3. The van der Waals surface area contributed by atoms with Gasteiger partial charge in [0, 0.05) is 17.8 Å². The molecule has 0 saturated heterocycles. The second kappa shape index (κ2) is 9.13. The zero-order chi connectivity index (χ0) is 20.0. The van der Waals surface area contributed by atoms with E-state index in [1.165, 1.54) is 19.3 Å². The van der Waals surface area contributed by atoms with Crippen molar-refractivity contribution in [1.82, 2.24) is 4.90 Å². The van der Waals surface area contributed by atoms with Crippen LogP contribution in [0.1, 0.15) is 68.8 Å². The summed E-state index contributed by atoms with van der Waals surface area (Å²) < 4.78 is 6.17. The van der Waals surface area contributed by atoms with E-state index >= 15 is 0 Å². The molecular weight excluding hydrogens is 348 g/mol. The number of para-hydroxylation sites is 2. The smallest absolute Gasteiger partial charge is 0.258 e. The normalized spacial score (nSPS) is 18.5. The first-order valence-electron chi connectivity index (χ1n) is 10.5. The van der Waals surface area contributed by atoms with Crippen LogP contribution in [-0.4, -0.2) is 24.0 Å². The van der Waals surface area contributed by atoms with Crippen LogP contribution in [0.4, 0.5) is 5.69 Å². The Kier molecular flexibility index (Phi) is 6.61. The number of hydrogen-bond donors (Lipinski definition) is 1. The Hall–Kier alpha value is -2.49. The summed E-state index contributed by atoms with van der Waals surface area (Å²) in [7, 11) is 0. The molecule has 0 fully saturated rings. The van der Waals surface area contributed by atoms with E-state index in [0.717, 1.165) is 35.4 Å². The highest BCUT2D eigenvalue weighted by Gasteiger charge is 2.43. The molecule has 1 aliphatic heterocycles. The number of carbonyl (C=O) groups excluding carboxylic acids is 1. The van der Waals surface area contributed by atoms with E-state index in [1.54, 1.807) is 0 Å². The average Bonchev–Trinajstić information content (AvgIpc) is 2.71. The second-order valence-electron chi connectivity index (χ2n) is 7.60. The first-order valence-corrected chi connectivity index (χ1v) is 10.5. The Morgan fingerprint density at radius 3 is 2.50 bits per heavy atom. The molecule has 2 aromatic carbocycles. The zero-order valence-electron chi connectivity index (χ0n) is 17.3. The summed E-state index contributed by atoms with van der Waals surface area (Å²) in [6.45, 7) is 7.77. The zero-order valence-corrected chi connectivity index (χ0v) is 17.3. The molecule has 4 heteroatoms. The Labute approximate surface area is 168 Å². The van der Waals surface area contributed by atoms with E-state index in [-0.39, 0.29) is 5.91 Å². The number of nitrogens with one attached hydrogen (secondary N) is 1. The first-order chi connectivity index (χ1) is 13.6. The summed E-state index contributed by atoms with van der Waals surface area (Å²) >= 11 is 0. The van der Waals surface area contributed by atoms with Gasteiger partial charge in [0.25, 0.3) is 5.91 Å². The summed E-state index contributed by atoms with van der Waals surface area (Å²) in [5.74, 6) is 0.915. The predicted octanol–water partition coefficient (Wildman–Crippen LogP) is 5.80. The molecule has 0 bridgehead atoms. The van der Waals surface area contributed by atoms with Gasteiger partial charge in [-0.05, 0) is 38.0 Å². The largest absolute Gasteiger partial charge is 0.493 e. The van der Waals surface area contributed by atoms with Crippen molar-refractivity contribution >= 4 is 11.6 Å².